The Kier molecular flexibility index (Phi) is 4.68. The van der Waals surface area contributed by atoms with Crippen LogP contribution >= 0.6 is 11.3 Å². The van der Waals surface area contributed by atoms with E-state index < -0.39 is 0 Å². The number of aryl methyl sites for hydroxylation is 4. The first-order valence-electron chi connectivity index (χ1n) is 9.01. The van der Waals surface area contributed by atoms with Crippen LogP contribution in [0.2, 0.25) is 0 Å². The molecule has 0 unspecified atom stereocenters. The molecule has 6 nitrogen and oxygen atoms in total. The van der Waals surface area contributed by atoms with Crippen molar-refractivity contribution in [1.29, 1.82) is 0 Å². The van der Waals surface area contributed by atoms with Gasteiger partial charge in [-0.15, -0.1) is 0 Å². The zero-order chi connectivity index (χ0) is 19.8. The molecule has 0 radical (unpaired) electrons. The van der Waals surface area contributed by atoms with E-state index in [4.69, 9.17) is 4.98 Å². The number of aromatic nitrogens is 4. The summed E-state index contributed by atoms with van der Waals surface area (Å²) in [7, 11) is 1.82. The van der Waals surface area contributed by atoms with Crippen molar-refractivity contribution in [2.24, 2.45) is 7.05 Å². The summed E-state index contributed by atoms with van der Waals surface area (Å²) in [4.78, 5) is 24.1. The summed E-state index contributed by atoms with van der Waals surface area (Å²) in [6, 6.07) is 8.06. The molecule has 0 bridgehead atoms. The van der Waals surface area contributed by atoms with E-state index in [1.165, 1.54) is 16.9 Å². The molecule has 0 saturated heterocycles. The standard InChI is InChI=1S/C21H21N5OS/c1-13-8-14(2)18-17(9-13)28-21(23-18)26(12-16-6-5-7-22-10-16)20(27)19-15(3)11-25(4)24-19/h5-11H,12H2,1-4H3. The van der Waals surface area contributed by atoms with Crippen molar-refractivity contribution < 1.29 is 4.79 Å². The Hall–Kier alpha value is -3.06. The van der Waals surface area contributed by atoms with Crippen LogP contribution in [-0.4, -0.2) is 25.7 Å². The molecular weight excluding hydrogens is 370 g/mol. The average molecular weight is 392 g/mol. The highest BCUT2D eigenvalue weighted by molar-refractivity contribution is 7.22. The van der Waals surface area contributed by atoms with Crippen LogP contribution in [0.15, 0.2) is 42.9 Å². The normalized spacial score (nSPS) is 11.1. The van der Waals surface area contributed by atoms with E-state index in [1.807, 2.05) is 32.3 Å². The molecule has 0 atom stereocenters. The van der Waals surface area contributed by atoms with Gasteiger partial charge in [-0.3, -0.25) is 19.4 Å². The van der Waals surface area contributed by atoms with Crippen molar-refractivity contribution in [2.75, 3.05) is 4.90 Å². The molecule has 3 aromatic heterocycles. The number of benzene rings is 1. The van der Waals surface area contributed by atoms with E-state index in [0.29, 0.717) is 17.4 Å². The molecule has 0 aliphatic carbocycles. The highest BCUT2D eigenvalue weighted by atomic mass is 32.1. The van der Waals surface area contributed by atoms with Crippen LogP contribution in [0.3, 0.4) is 0 Å². The lowest BCUT2D eigenvalue weighted by Crippen LogP contribution is -2.31. The Bertz CT molecular complexity index is 1160. The van der Waals surface area contributed by atoms with Crippen molar-refractivity contribution in [3.05, 3.63) is 70.8 Å². The Morgan fingerprint density at radius 2 is 2.04 bits per heavy atom. The van der Waals surface area contributed by atoms with Crippen LogP contribution in [-0.2, 0) is 13.6 Å². The van der Waals surface area contributed by atoms with Gasteiger partial charge in [-0.05, 0) is 49.6 Å². The van der Waals surface area contributed by atoms with Gasteiger partial charge >= 0.3 is 0 Å². The summed E-state index contributed by atoms with van der Waals surface area (Å²) < 4.78 is 2.74. The van der Waals surface area contributed by atoms with Gasteiger partial charge in [0.2, 0.25) is 0 Å². The molecule has 28 heavy (non-hydrogen) atoms. The lowest BCUT2D eigenvalue weighted by molar-refractivity contribution is 0.0979. The molecule has 4 rings (SSSR count). The predicted octanol–water partition coefficient (Wildman–Crippen LogP) is 4.20. The van der Waals surface area contributed by atoms with Crippen molar-refractivity contribution in [3.8, 4) is 0 Å². The number of carbonyl (C=O) groups is 1. The molecule has 142 valence electrons. The molecule has 1 aromatic carbocycles. The zero-order valence-electron chi connectivity index (χ0n) is 16.3. The number of rotatable bonds is 4. The maximum absolute atomic E-state index is 13.4. The summed E-state index contributed by atoms with van der Waals surface area (Å²) in [5.74, 6) is -0.157. The fourth-order valence-corrected chi connectivity index (χ4v) is 4.46. The third-order valence-electron chi connectivity index (χ3n) is 4.57. The molecule has 0 aliphatic heterocycles. The molecule has 1 amide bonds. The predicted molar refractivity (Wildman–Crippen MR) is 112 cm³/mol. The van der Waals surface area contributed by atoms with Crippen LogP contribution in [0.4, 0.5) is 5.13 Å². The highest BCUT2D eigenvalue weighted by Gasteiger charge is 2.25. The fourth-order valence-electron chi connectivity index (χ4n) is 3.32. The summed E-state index contributed by atoms with van der Waals surface area (Å²) in [5.41, 5.74) is 5.46. The quantitative estimate of drug-likeness (QED) is 0.523. The zero-order valence-corrected chi connectivity index (χ0v) is 17.1. The van der Waals surface area contributed by atoms with E-state index in [2.05, 4.69) is 36.1 Å². The summed E-state index contributed by atoms with van der Waals surface area (Å²) in [5, 5.41) is 5.04. The van der Waals surface area contributed by atoms with Gasteiger partial charge in [-0.1, -0.05) is 23.5 Å². The van der Waals surface area contributed by atoms with Crippen molar-refractivity contribution in [1.82, 2.24) is 19.7 Å². The SMILES string of the molecule is Cc1cc(C)c2nc(N(Cc3cccnc3)C(=O)c3nn(C)cc3C)sc2c1. The van der Waals surface area contributed by atoms with E-state index in [1.54, 1.807) is 22.0 Å². The second-order valence-corrected chi connectivity index (χ2v) is 8.02. The number of carbonyl (C=O) groups excluding carboxylic acids is 1. The van der Waals surface area contributed by atoms with E-state index in [9.17, 15) is 4.79 Å². The van der Waals surface area contributed by atoms with Gasteiger partial charge < -0.3 is 0 Å². The minimum atomic E-state index is -0.157. The molecule has 0 fully saturated rings. The lowest BCUT2D eigenvalue weighted by Gasteiger charge is -2.19. The first-order chi connectivity index (χ1) is 13.4. The smallest absolute Gasteiger partial charge is 0.278 e. The number of amides is 1. The van der Waals surface area contributed by atoms with Gasteiger partial charge in [0.25, 0.3) is 5.91 Å². The molecule has 7 heteroatoms. The second-order valence-electron chi connectivity index (χ2n) is 7.01. The maximum atomic E-state index is 13.4. The first kappa shape index (κ1) is 18.3. The maximum Gasteiger partial charge on any atom is 0.281 e. The Balaban J connectivity index is 1.82. The largest absolute Gasteiger partial charge is 0.281 e. The molecule has 0 saturated carbocycles. The Morgan fingerprint density at radius 3 is 2.71 bits per heavy atom. The van der Waals surface area contributed by atoms with Crippen LogP contribution in [0, 0.1) is 20.8 Å². The van der Waals surface area contributed by atoms with Crippen LogP contribution in [0.5, 0.6) is 0 Å². The molecular formula is C21H21N5OS. The minimum absolute atomic E-state index is 0.157. The average Bonchev–Trinajstić information content (AvgIpc) is 3.22. The van der Waals surface area contributed by atoms with E-state index >= 15 is 0 Å². The number of nitrogens with zero attached hydrogens (tertiary/aromatic N) is 5. The van der Waals surface area contributed by atoms with E-state index in [-0.39, 0.29) is 5.91 Å². The third kappa shape index (κ3) is 3.41. The summed E-state index contributed by atoms with van der Waals surface area (Å²) in [6.45, 7) is 6.41. The lowest BCUT2D eigenvalue weighted by atomic mass is 10.1. The summed E-state index contributed by atoms with van der Waals surface area (Å²) >= 11 is 1.53. The van der Waals surface area contributed by atoms with Gasteiger partial charge in [-0.25, -0.2) is 4.98 Å². The Morgan fingerprint density at radius 1 is 1.21 bits per heavy atom. The van der Waals surface area contributed by atoms with E-state index in [0.717, 1.165) is 26.9 Å². The van der Waals surface area contributed by atoms with Crippen molar-refractivity contribution >= 4 is 32.6 Å². The number of anilines is 1. The fraction of sp³-hybridized carbons (Fsp3) is 0.238. The van der Waals surface area contributed by atoms with Crippen molar-refractivity contribution in [3.63, 3.8) is 0 Å². The van der Waals surface area contributed by atoms with Gasteiger partial charge in [0.05, 0.1) is 16.8 Å². The van der Waals surface area contributed by atoms with Crippen LogP contribution in [0.1, 0.15) is 32.7 Å². The molecule has 0 aliphatic rings. The number of hydrogen-bond donors (Lipinski definition) is 0. The Labute approximate surface area is 167 Å². The minimum Gasteiger partial charge on any atom is -0.278 e. The van der Waals surface area contributed by atoms with Crippen LogP contribution in [0.25, 0.3) is 10.2 Å². The van der Waals surface area contributed by atoms with Gasteiger partial charge in [-0.2, -0.15) is 5.10 Å². The van der Waals surface area contributed by atoms with Gasteiger partial charge in [0.15, 0.2) is 10.8 Å². The van der Waals surface area contributed by atoms with Gasteiger partial charge in [0, 0.05) is 31.2 Å². The topological polar surface area (TPSA) is 63.9 Å². The summed E-state index contributed by atoms with van der Waals surface area (Å²) in [6.07, 6.45) is 5.35. The number of pyridine rings is 1. The number of fused-ring (bicyclic) bond motifs is 1. The molecule has 4 aromatic rings. The highest BCUT2D eigenvalue weighted by Crippen LogP contribution is 2.33. The molecule has 0 N–H and O–H groups in total. The van der Waals surface area contributed by atoms with Crippen molar-refractivity contribution in [2.45, 2.75) is 27.3 Å². The second kappa shape index (κ2) is 7.16. The van der Waals surface area contributed by atoms with Gasteiger partial charge in [0.1, 0.15) is 0 Å². The monoisotopic (exact) mass is 391 g/mol. The van der Waals surface area contributed by atoms with Crippen LogP contribution < -0.4 is 4.90 Å². The molecule has 3 heterocycles. The first-order valence-corrected chi connectivity index (χ1v) is 9.83. The number of hydrogen-bond acceptors (Lipinski definition) is 5. The number of thiazole rings is 1. The third-order valence-corrected chi connectivity index (χ3v) is 5.60. The molecule has 0 spiro atoms.